The molecule has 5 nitrogen and oxygen atoms in total. The maximum absolute atomic E-state index is 12.0. The third kappa shape index (κ3) is 2.94. The van der Waals surface area contributed by atoms with Crippen LogP contribution >= 0.6 is 0 Å². The zero-order chi connectivity index (χ0) is 13.9. The fraction of sp³-hybridized carbons (Fsp3) is 0.533. The van der Waals surface area contributed by atoms with E-state index in [4.69, 9.17) is 0 Å². The first-order valence-corrected chi connectivity index (χ1v) is 7.18. The molecule has 1 aromatic rings. The van der Waals surface area contributed by atoms with Crippen molar-refractivity contribution >= 4 is 17.2 Å². The zero-order valence-electron chi connectivity index (χ0n) is 11.8. The van der Waals surface area contributed by atoms with Crippen LogP contribution in [0.5, 0.6) is 0 Å². The SMILES string of the molecule is CN1CCC(NCC2=Nc3cnccc3C(=O)C2)CC1. The number of likely N-dealkylation sites (tertiary alicyclic amines) is 1. The minimum atomic E-state index is 0.151. The molecule has 0 aromatic carbocycles. The molecule has 2 aliphatic heterocycles. The minimum Gasteiger partial charge on any atom is -0.309 e. The largest absolute Gasteiger partial charge is 0.309 e. The van der Waals surface area contributed by atoms with E-state index in [1.165, 1.54) is 0 Å². The van der Waals surface area contributed by atoms with Crippen LogP contribution in [0.4, 0.5) is 5.69 Å². The number of Topliss-reactive ketones (excluding diaryl/α,β-unsaturated/α-hetero) is 1. The molecule has 1 aromatic heterocycles. The van der Waals surface area contributed by atoms with Crippen molar-refractivity contribution in [1.29, 1.82) is 0 Å². The van der Waals surface area contributed by atoms with Crippen LogP contribution in [0.15, 0.2) is 23.5 Å². The van der Waals surface area contributed by atoms with Crippen molar-refractivity contribution in [2.45, 2.75) is 25.3 Å². The summed E-state index contributed by atoms with van der Waals surface area (Å²) in [6.07, 6.45) is 6.07. The van der Waals surface area contributed by atoms with E-state index >= 15 is 0 Å². The summed E-state index contributed by atoms with van der Waals surface area (Å²) < 4.78 is 0. The summed E-state index contributed by atoms with van der Waals surface area (Å²) >= 11 is 0. The van der Waals surface area contributed by atoms with Crippen LogP contribution in [-0.2, 0) is 0 Å². The molecule has 0 saturated carbocycles. The Balaban J connectivity index is 1.62. The van der Waals surface area contributed by atoms with Crippen LogP contribution in [0, 0.1) is 0 Å². The summed E-state index contributed by atoms with van der Waals surface area (Å²) in [6, 6.07) is 2.29. The number of carbonyl (C=O) groups is 1. The summed E-state index contributed by atoms with van der Waals surface area (Å²) in [5, 5.41) is 3.53. The summed E-state index contributed by atoms with van der Waals surface area (Å²) in [7, 11) is 2.16. The summed E-state index contributed by atoms with van der Waals surface area (Å²) in [6.45, 7) is 2.97. The molecule has 0 amide bonds. The number of piperidine rings is 1. The second kappa shape index (κ2) is 5.81. The van der Waals surface area contributed by atoms with Gasteiger partial charge < -0.3 is 10.2 Å². The van der Waals surface area contributed by atoms with Gasteiger partial charge in [0.25, 0.3) is 0 Å². The van der Waals surface area contributed by atoms with Crippen LogP contribution in [0.2, 0.25) is 0 Å². The molecule has 0 radical (unpaired) electrons. The lowest BCUT2D eigenvalue weighted by Gasteiger charge is -2.30. The lowest BCUT2D eigenvalue weighted by atomic mass is 10.0. The Hall–Kier alpha value is -1.59. The first-order valence-electron chi connectivity index (χ1n) is 7.18. The van der Waals surface area contributed by atoms with Crippen LogP contribution in [-0.4, -0.2) is 54.1 Å². The molecular formula is C15H20N4O. The van der Waals surface area contributed by atoms with Crippen LogP contribution in [0.1, 0.15) is 29.6 Å². The third-order valence-corrected chi connectivity index (χ3v) is 4.06. The predicted molar refractivity (Wildman–Crippen MR) is 78.8 cm³/mol. The van der Waals surface area contributed by atoms with Gasteiger partial charge in [0.1, 0.15) is 0 Å². The van der Waals surface area contributed by atoms with Crippen molar-refractivity contribution in [2.75, 3.05) is 26.7 Å². The molecule has 106 valence electrons. The van der Waals surface area contributed by atoms with Gasteiger partial charge in [-0.25, -0.2) is 0 Å². The van der Waals surface area contributed by atoms with Gasteiger partial charge in [-0.05, 0) is 39.0 Å². The van der Waals surface area contributed by atoms with E-state index in [2.05, 4.69) is 27.2 Å². The Kier molecular flexibility index (Phi) is 3.89. The van der Waals surface area contributed by atoms with Gasteiger partial charge in [0.2, 0.25) is 0 Å². The summed E-state index contributed by atoms with van der Waals surface area (Å²) in [4.78, 5) is 23.0. The smallest absolute Gasteiger partial charge is 0.170 e. The minimum absolute atomic E-state index is 0.151. The fourth-order valence-electron chi connectivity index (χ4n) is 2.78. The average molecular weight is 272 g/mol. The molecule has 20 heavy (non-hydrogen) atoms. The molecule has 2 aliphatic rings. The van der Waals surface area contributed by atoms with Crippen LogP contribution in [0.3, 0.4) is 0 Å². The number of hydrogen-bond acceptors (Lipinski definition) is 5. The maximum Gasteiger partial charge on any atom is 0.170 e. The number of hydrogen-bond donors (Lipinski definition) is 1. The molecule has 0 atom stereocenters. The van der Waals surface area contributed by atoms with Gasteiger partial charge in [-0.1, -0.05) is 0 Å². The number of nitrogens with one attached hydrogen (secondary N) is 1. The number of rotatable bonds is 3. The van der Waals surface area contributed by atoms with Gasteiger partial charge in [-0.2, -0.15) is 0 Å². The van der Waals surface area contributed by atoms with Gasteiger partial charge in [0, 0.05) is 30.1 Å². The monoisotopic (exact) mass is 272 g/mol. The normalized spacial score (nSPS) is 20.6. The third-order valence-electron chi connectivity index (χ3n) is 4.06. The van der Waals surface area contributed by atoms with Crippen molar-refractivity contribution in [2.24, 2.45) is 4.99 Å². The highest BCUT2D eigenvalue weighted by Gasteiger charge is 2.21. The van der Waals surface area contributed by atoms with E-state index in [1.807, 2.05) is 0 Å². The number of aliphatic imine (C=N–C) groups is 1. The highest BCUT2D eigenvalue weighted by Crippen LogP contribution is 2.24. The number of ketones is 1. The molecule has 3 heterocycles. The van der Waals surface area contributed by atoms with Crippen molar-refractivity contribution < 1.29 is 4.79 Å². The average Bonchev–Trinajstić information content (AvgIpc) is 2.47. The second-order valence-corrected chi connectivity index (χ2v) is 5.63. The quantitative estimate of drug-likeness (QED) is 0.904. The van der Waals surface area contributed by atoms with Crippen molar-refractivity contribution in [1.82, 2.24) is 15.2 Å². The van der Waals surface area contributed by atoms with E-state index < -0.39 is 0 Å². The highest BCUT2D eigenvalue weighted by atomic mass is 16.1. The van der Waals surface area contributed by atoms with Crippen molar-refractivity contribution in [3.05, 3.63) is 24.0 Å². The summed E-state index contributed by atoms with van der Waals surface area (Å²) in [5.74, 6) is 0.151. The predicted octanol–water partition coefficient (Wildman–Crippen LogP) is 1.42. The van der Waals surface area contributed by atoms with Gasteiger partial charge >= 0.3 is 0 Å². The highest BCUT2D eigenvalue weighted by molar-refractivity contribution is 6.16. The Morgan fingerprint density at radius 3 is 3.00 bits per heavy atom. The second-order valence-electron chi connectivity index (χ2n) is 5.63. The van der Waals surface area contributed by atoms with E-state index in [0.717, 1.165) is 31.6 Å². The molecular weight excluding hydrogens is 252 g/mol. The molecule has 0 bridgehead atoms. The Bertz CT molecular complexity index is 532. The van der Waals surface area contributed by atoms with Crippen molar-refractivity contribution in [3.8, 4) is 0 Å². The van der Waals surface area contributed by atoms with E-state index in [-0.39, 0.29) is 5.78 Å². The van der Waals surface area contributed by atoms with Gasteiger partial charge in [-0.3, -0.25) is 14.8 Å². The topological polar surface area (TPSA) is 57.6 Å². The first-order chi connectivity index (χ1) is 9.72. The summed E-state index contributed by atoms with van der Waals surface area (Å²) in [5.41, 5.74) is 2.33. The van der Waals surface area contributed by atoms with Gasteiger partial charge in [-0.15, -0.1) is 0 Å². The van der Waals surface area contributed by atoms with Gasteiger partial charge in [0.15, 0.2) is 5.78 Å². The first kappa shape index (κ1) is 13.4. The Labute approximate surface area is 119 Å². The standard InChI is InChI=1S/C15H20N4O/c1-19-6-3-11(4-7-19)17-9-12-8-15(20)13-2-5-16-10-14(13)18-12/h2,5,10-11,17H,3-4,6-9H2,1H3. The molecule has 0 aliphatic carbocycles. The molecule has 1 N–H and O–H groups in total. The molecule has 1 fully saturated rings. The number of pyridine rings is 1. The Morgan fingerprint density at radius 1 is 1.40 bits per heavy atom. The van der Waals surface area contributed by atoms with Crippen molar-refractivity contribution in [3.63, 3.8) is 0 Å². The van der Waals surface area contributed by atoms with Gasteiger partial charge in [0.05, 0.1) is 18.3 Å². The van der Waals surface area contributed by atoms with E-state index in [1.54, 1.807) is 18.5 Å². The molecule has 5 heteroatoms. The zero-order valence-corrected chi connectivity index (χ0v) is 11.8. The Morgan fingerprint density at radius 2 is 2.20 bits per heavy atom. The van der Waals surface area contributed by atoms with Crippen LogP contribution < -0.4 is 5.32 Å². The number of fused-ring (bicyclic) bond motifs is 1. The number of nitrogens with zero attached hydrogens (tertiary/aromatic N) is 3. The molecule has 3 rings (SSSR count). The fourth-order valence-corrected chi connectivity index (χ4v) is 2.78. The number of carbonyl (C=O) groups excluding carboxylic acids is 1. The lowest BCUT2D eigenvalue weighted by Crippen LogP contribution is -2.43. The van der Waals surface area contributed by atoms with E-state index in [0.29, 0.717) is 30.3 Å². The number of aromatic nitrogens is 1. The molecule has 1 saturated heterocycles. The maximum atomic E-state index is 12.0. The van der Waals surface area contributed by atoms with Crippen LogP contribution in [0.25, 0.3) is 0 Å². The van der Waals surface area contributed by atoms with E-state index in [9.17, 15) is 4.79 Å². The molecule has 0 unspecified atom stereocenters. The molecule has 0 spiro atoms. The lowest BCUT2D eigenvalue weighted by molar-refractivity contribution is 0.0999.